The standard InChI is InChI=1S/C27H27FN6O4/c1-17(25(29)35)23-16-34(27(37)38-23)20-5-6-21(22(28)13-20)18-4-7-24(31-15-18)32-9-11-33(12-10-32)26(36)19-3-2-8-30-14-19/h2-8,13-15,17,23H,9-12,16H2,1H3,(H2,29,35). The second kappa shape index (κ2) is 10.4. The molecule has 0 bridgehead atoms. The molecule has 0 spiro atoms. The molecule has 0 radical (unpaired) electrons. The van der Waals surface area contributed by atoms with Crippen molar-refractivity contribution < 1.29 is 23.5 Å². The van der Waals surface area contributed by atoms with Gasteiger partial charge in [0, 0.05) is 55.9 Å². The summed E-state index contributed by atoms with van der Waals surface area (Å²) in [7, 11) is 0. The summed E-state index contributed by atoms with van der Waals surface area (Å²) in [4.78, 5) is 50.1. The summed E-state index contributed by atoms with van der Waals surface area (Å²) in [5.74, 6) is -1.03. The van der Waals surface area contributed by atoms with Crippen molar-refractivity contribution in [1.29, 1.82) is 0 Å². The Kier molecular flexibility index (Phi) is 6.91. The summed E-state index contributed by atoms with van der Waals surface area (Å²) < 4.78 is 20.3. The van der Waals surface area contributed by atoms with Crippen LogP contribution >= 0.6 is 0 Å². The molecule has 0 saturated carbocycles. The van der Waals surface area contributed by atoms with Crippen molar-refractivity contribution in [2.45, 2.75) is 13.0 Å². The van der Waals surface area contributed by atoms with Crippen LogP contribution in [0.25, 0.3) is 11.1 Å². The van der Waals surface area contributed by atoms with E-state index in [0.717, 1.165) is 5.82 Å². The largest absolute Gasteiger partial charge is 0.443 e. The molecule has 2 unspecified atom stereocenters. The van der Waals surface area contributed by atoms with Gasteiger partial charge in [0.25, 0.3) is 5.91 Å². The van der Waals surface area contributed by atoms with E-state index < -0.39 is 29.8 Å². The van der Waals surface area contributed by atoms with E-state index in [9.17, 15) is 14.4 Å². The minimum absolute atomic E-state index is 0.0416. The van der Waals surface area contributed by atoms with Crippen molar-refractivity contribution in [2.24, 2.45) is 11.7 Å². The molecule has 3 aromatic rings. The number of hydrogen-bond acceptors (Lipinski definition) is 7. The molecule has 3 amide bonds. The number of amides is 3. The monoisotopic (exact) mass is 518 g/mol. The lowest BCUT2D eigenvalue weighted by Gasteiger charge is -2.35. The fourth-order valence-corrected chi connectivity index (χ4v) is 4.59. The van der Waals surface area contributed by atoms with E-state index in [1.54, 1.807) is 60.7 Å². The van der Waals surface area contributed by atoms with Crippen LogP contribution in [0.1, 0.15) is 17.3 Å². The fourth-order valence-electron chi connectivity index (χ4n) is 4.59. The molecule has 1 aromatic carbocycles. The molecule has 2 fully saturated rings. The summed E-state index contributed by atoms with van der Waals surface area (Å²) >= 11 is 0. The minimum Gasteiger partial charge on any atom is -0.443 e. The number of anilines is 2. The maximum Gasteiger partial charge on any atom is 0.414 e. The Hall–Kier alpha value is -4.54. The van der Waals surface area contributed by atoms with Crippen LogP contribution in [0.4, 0.5) is 20.7 Å². The first kappa shape index (κ1) is 25.1. The maximum absolute atomic E-state index is 15.1. The van der Waals surface area contributed by atoms with E-state index in [1.165, 1.54) is 11.0 Å². The highest BCUT2D eigenvalue weighted by atomic mass is 19.1. The Morgan fingerprint density at radius 2 is 1.89 bits per heavy atom. The average molecular weight is 519 g/mol. The first-order valence-corrected chi connectivity index (χ1v) is 12.3. The quantitative estimate of drug-likeness (QED) is 0.532. The molecule has 0 aliphatic carbocycles. The SMILES string of the molecule is CC(C(N)=O)C1CN(c2ccc(-c3ccc(N4CCN(C(=O)c5cccnc5)CC4)nc3)c(F)c2)C(=O)O1. The number of nitrogens with zero attached hydrogens (tertiary/aromatic N) is 5. The number of aromatic nitrogens is 2. The molecular weight excluding hydrogens is 491 g/mol. The summed E-state index contributed by atoms with van der Waals surface area (Å²) in [5, 5.41) is 0. The molecule has 11 heteroatoms. The Morgan fingerprint density at radius 1 is 1.11 bits per heavy atom. The van der Waals surface area contributed by atoms with Gasteiger partial charge in [0.1, 0.15) is 17.7 Å². The van der Waals surface area contributed by atoms with Gasteiger partial charge in [-0.05, 0) is 49.4 Å². The lowest BCUT2D eigenvalue weighted by atomic mass is 10.0. The molecule has 2 atom stereocenters. The molecule has 4 heterocycles. The number of hydrogen-bond donors (Lipinski definition) is 1. The predicted octanol–water partition coefficient (Wildman–Crippen LogP) is 2.69. The van der Waals surface area contributed by atoms with E-state index >= 15 is 4.39 Å². The van der Waals surface area contributed by atoms with E-state index in [1.807, 2.05) is 6.07 Å². The molecule has 196 valence electrons. The highest BCUT2D eigenvalue weighted by Gasteiger charge is 2.38. The van der Waals surface area contributed by atoms with E-state index in [4.69, 9.17) is 10.5 Å². The second-order valence-electron chi connectivity index (χ2n) is 9.31. The molecule has 2 aliphatic rings. The van der Waals surface area contributed by atoms with Crippen molar-refractivity contribution in [3.05, 3.63) is 72.4 Å². The van der Waals surface area contributed by atoms with Crippen LogP contribution in [0.15, 0.2) is 61.1 Å². The Bertz CT molecular complexity index is 1350. The van der Waals surface area contributed by atoms with Gasteiger partial charge in [0.2, 0.25) is 5.91 Å². The van der Waals surface area contributed by atoms with Crippen LogP contribution in [0.3, 0.4) is 0 Å². The molecule has 2 aromatic heterocycles. The van der Waals surface area contributed by atoms with Crippen LogP contribution in [-0.4, -0.2) is 71.6 Å². The van der Waals surface area contributed by atoms with Crippen LogP contribution in [0, 0.1) is 11.7 Å². The molecule has 2 N–H and O–H groups in total. The van der Waals surface area contributed by atoms with Gasteiger partial charge in [-0.15, -0.1) is 0 Å². The third kappa shape index (κ3) is 4.99. The van der Waals surface area contributed by atoms with Crippen molar-refractivity contribution in [1.82, 2.24) is 14.9 Å². The molecule has 38 heavy (non-hydrogen) atoms. The zero-order valence-corrected chi connectivity index (χ0v) is 20.8. The van der Waals surface area contributed by atoms with Crippen LogP contribution < -0.4 is 15.5 Å². The Morgan fingerprint density at radius 3 is 2.53 bits per heavy atom. The summed E-state index contributed by atoms with van der Waals surface area (Å²) in [6, 6.07) is 11.6. The normalized spacial score (nSPS) is 18.3. The summed E-state index contributed by atoms with van der Waals surface area (Å²) in [6.45, 7) is 4.08. The second-order valence-corrected chi connectivity index (χ2v) is 9.31. The van der Waals surface area contributed by atoms with Gasteiger partial charge < -0.3 is 20.3 Å². The smallest absolute Gasteiger partial charge is 0.414 e. The lowest BCUT2D eigenvalue weighted by molar-refractivity contribution is -0.123. The number of cyclic esters (lactones) is 1. The van der Waals surface area contributed by atoms with Crippen LogP contribution in [-0.2, 0) is 9.53 Å². The minimum atomic E-state index is -0.685. The first-order valence-electron chi connectivity index (χ1n) is 12.3. The number of ether oxygens (including phenoxy) is 1. The lowest BCUT2D eigenvalue weighted by Crippen LogP contribution is -2.49. The van der Waals surface area contributed by atoms with Gasteiger partial charge in [-0.2, -0.15) is 0 Å². The Labute approximate surface area is 218 Å². The topological polar surface area (TPSA) is 122 Å². The predicted molar refractivity (Wildman–Crippen MR) is 138 cm³/mol. The third-order valence-electron chi connectivity index (χ3n) is 6.96. The van der Waals surface area contributed by atoms with Crippen molar-refractivity contribution in [3.63, 3.8) is 0 Å². The summed E-state index contributed by atoms with van der Waals surface area (Å²) in [5.41, 5.74) is 7.15. The number of carbonyl (C=O) groups is 3. The molecule has 5 rings (SSSR count). The van der Waals surface area contributed by atoms with Gasteiger partial charge in [0.15, 0.2) is 0 Å². The van der Waals surface area contributed by atoms with E-state index in [0.29, 0.717) is 48.6 Å². The molecule has 2 saturated heterocycles. The number of nitrogens with two attached hydrogens (primary N) is 1. The van der Waals surface area contributed by atoms with Gasteiger partial charge in [-0.25, -0.2) is 14.2 Å². The van der Waals surface area contributed by atoms with Gasteiger partial charge >= 0.3 is 6.09 Å². The number of carbonyl (C=O) groups excluding carboxylic acids is 3. The van der Waals surface area contributed by atoms with Crippen molar-refractivity contribution >= 4 is 29.4 Å². The first-order chi connectivity index (χ1) is 18.3. The third-order valence-corrected chi connectivity index (χ3v) is 6.96. The van der Waals surface area contributed by atoms with Crippen LogP contribution in [0.2, 0.25) is 0 Å². The van der Waals surface area contributed by atoms with Gasteiger partial charge in [-0.1, -0.05) is 0 Å². The summed E-state index contributed by atoms with van der Waals surface area (Å²) in [6.07, 6.45) is 3.48. The number of benzene rings is 1. The zero-order chi connectivity index (χ0) is 26.8. The molecule has 10 nitrogen and oxygen atoms in total. The number of rotatable bonds is 6. The number of halogens is 1. The Balaban J connectivity index is 1.23. The number of pyridine rings is 2. The van der Waals surface area contributed by atoms with Gasteiger partial charge in [0.05, 0.1) is 23.7 Å². The highest BCUT2D eigenvalue weighted by molar-refractivity contribution is 5.94. The van der Waals surface area contributed by atoms with Crippen LogP contribution in [0.5, 0.6) is 0 Å². The van der Waals surface area contributed by atoms with E-state index in [-0.39, 0.29) is 12.5 Å². The van der Waals surface area contributed by atoms with Crippen molar-refractivity contribution in [3.8, 4) is 11.1 Å². The van der Waals surface area contributed by atoms with E-state index in [2.05, 4.69) is 14.9 Å². The molecule has 2 aliphatic heterocycles. The van der Waals surface area contributed by atoms with Crippen molar-refractivity contribution in [2.75, 3.05) is 42.5 Å². The highest BCUT2D eigenvalue weighted by Crippen LogP contribution is 2.30. The van der Waals surface area contributed by atoms with Gasteiger partial charge in [-0.3, -0.25) is 19.5 Å². The maximum atomic E-state index is 15.1. The fraction of sp³-hybridized carbons (Fsp3) is 0.296. The molecular formula is C27H27FN6O4. The number of piperazine rings is 1. The average Bonchev–Trinajstić information content (AvgIpc) is 3.34. The zero-order valence-electron chi connectivity index (χ0n) is 20.8. The number of primary amides is 1.